The van der Waals surface area contributed by atoms with Crippen LogP contribution in [0, 0.1) is 16.0 Å². The van der Waals surface area contributed by atoms with Crippen molar-refractivity contribution in [2.24, 2.45) is 5.92 Å². The van der Waals surface area contributed by atoms with Crippen LogP contribution >= 0.6 is 0 Å². The summed E-state index contributed by atoms with van der Waals surface area (Å²) in [5, 5.41) is 11.3. The van der Waals surface area contributed by atoms with E-state index in [-0.39, 0.29) is 40.8 Å². The minimum Gasteiger partial charge on any atom is -0.487 e. The Morgan fingerprint density at radius 3 is 2.58 bits per heavy atom. The number of amides is 2. The first-order valence-electron chi connectivity index (χ1n) is 9.80. The van der Waals surface area contributed by atoms with E-state index in [0.717, 1.165) is 11.0 Å². The Kier molecular flexibility index (Phi) is 6.33. The zero-order valence-corrected chi connectivity index (χ0v) is 17.4. The van der Waals surface area contributed by atoms with E-state index >= 15 is 0 Å². The van der Waals surface area contributed by atoms with Gasteiger partial charge < -0.3 is 9.47 Å². The fraction of sp³-hybridized carbons (Fsp3) is 0.318. The molecule has 0 spiro atoms. The highest BCUT2D eigenvalue weighted by Crippen LogP contribution is 2.30. The van der Waals surface area contributed by atoms with Crippen LogP contribution in [-0.4, -0.2) is 46.7 Å². The average Bonchev–Trinajstić information content (AvgIpc) is 2.84. The molecule has 0 aliphatic carbocycles. The van der Waals surface area contributed by atoms with E-state index in [9.17, 15) is 24.5 Å². The molecule has 0 saturated heterocycles. The van der Waals surface area contributed by atoms with Crippen molar-refractivity contribution in [3.8, 4) is 11.5 Å². The minimum atomic E-state index is -0.949. The van der Waals surface area contributed by atoms with Crippen LogP contribution in [0.4, 0.5) is 5.69 Å². The second kappa shape index (κ2) is 8.95. The van der Waals surface area contributed by atoms with Gasteiger partial charge in [-0.05, 0) is 37.1 Å². The van der Waals surface area contributed by atoms with Crippen molar-refractivity contribution in [3.05, 3.63) is 63.7 Å². The second-order valence-corrected chi connectivity index (χ2v) is 7.30. The Morgan fingerprint density at radius 2 is 1.94 bits per heavy atom. The number of fused-ring (bicyclic) bond motifs is 1. The lowest BCUT2D eigenvalue weighted by atomic mass is 10.0. The Balaban J connectivity index is 1.95. The van der Waals surface area contributed by atoms with Crippen LogP contribution < -0.4 is 9.47 Å². The molecule has 2 amide bonds. The van der Waals surface area contributed by atoms with Gasteiger partial charge in [0.15, 0.2) is 17.6 Å². The lowest BCUT2D eigenvalue weighted by Gasteiger charge is -2.24. The molecule has 3 rings (SSSR count). The number of imide groups is 1. The third kappa shape index (κ3) is 4.40. The zero-order chi connectivity index (χ0) is 22.7. The number of carbonyl (C=O) groups is 3. The first-order chi connectivity index (χ1) is 14.7. The van der Waals surface area contributed by atoms with E-state index in [4.69, 9.17) is 9.47 Å². The molecule has 0 saturated carbocycles. The Labute approximate surface area is 178 Å². The van der Waals surface area contributed by atoms with Gasteiger partial charge >= 0.3 is 5.69 Å². The molecule has 0 bridgehead atoms. The quantitative estimate of drug-likeness (QED) is 0.289. The molecule has 1 unspecified atom stereocenters. The number of hydrogen-bond acceptors (Lipinski definition) is 7. The van der Waals surface area contributed by atoms with Gasteiger partial charge in [-0.1, -0.05) is 26.0 Å². The molecule has 0 radical (unpaired) electrons. The van der Waals surface area contributed by atoms with Crippen LogP contribution in [-0.2, 0) is 4.79 Å². The number of hydrogen-bond donors (Lipinski definition) is 0. The number of nitro benzene ring substituents is 1. The van der Waals surface area contributed by atoms with E-state index in [1.54, 1.807) is 39.0 Å². The van der Waals surface area contributed by atoms with Gasteiger partial charge in [0, 0.05) is 11.6 Å². The Bertz CT molecular complexity index is 1050. The molecule has 1 aliphatic heterocycles. The van der Waals surface area contributed by atoms with Crippen molar-refractivity contribution >= 4 is 23.3 Å². The lowest BCUT2D eigenvalue weighted by molar-refractivity contribution is -0.385. The largest absolute Gasteiger partial charge is 0.487 e. The van der Waals surface area contributed by atoms with Crippen molar-refractivity contribution in [2.45, 2.75) is 26.9 Å². The molecule has 2 aromatic carbocycles. The Morgan fingerprint density at radius 1 is 1.23 bits per heavy atom. The van der Waals surface area contributed by atoms with E-state index in [2.05, 4.69) is 0 Å². The van der Waals surface area contributed by atoms with Crippen molar-refractivity contribution < 1.29 is 28.8 Å². The van der Waals surface area contributed by atoms with Crippen LogP contribution in [0.25, 0.3) is 0 Å². The van der Waals surface area contributed by atoms with Gasteiger partial charge in [0.25, 0.3) is 11.8 Å². The van der Waals surface area contributed by atoms with Gasteiger partial charge in [0.2, 0.25) is 0 Å². The standard InChI is InChI=1S/C22H22N2O7/c1-4-30-19-10-9-14(11-16(19)24(28)29)17(25)12-23-21(26)15-7-5-6-8-18(15)31-20(13(2)3)22(23)27/h5-11,13,20H,4,12H2,1-3H3. The Hall–Kier alpha value is -3.75. The number of benzene rings is 2. The zero-order valence-electron chi connectivity index (χ0n) is 17.4. The fourth-order valence-corrected chi connectivity index (χ4v) is 3.25. The highest BCUT2D eigenvalue weighted by Gasteiger charge is 2.39. The fourth-order valence-electron chi connectivity index (χ4n) is 3.25. The molecule has 9 nitrogen and oxygen atoms in total. The maximum atomic E-state index is 13.0. The van der Waals surface area contributed by atoms with Gasteiger partial charge in [-0.25, -0.2) is 0 Å². The SMILES string of the molecule is CCOc1ccc(C(=O)CN2C(=O)c3ccccc3OC(C(C)C)C2=O)cc1[N+](=O)[O-]. The molecule has 1 aliphatic rings. The first kappa shape index (κ1) is 21.9. The summed E-state index contributed by atoms with van der Waals surface area (Å²) in [6, 6.07) is 10.2. The van der Waals surface area contributed by atoms with Crippen molar-refractivity contribution in [1.29, 1.82) is 0 Å². The average molecular weight is 426 g/mol. The maximum absolute atomic E-state index is 13.0. The third-order valence-corrected chi connectivity index (χ3v) is 4.81. The van der Waals surface area contributed by atoms with E-state index in [0.29, 0.717) is 0 Å². The smallest absolute Gasteiger partial charge is 0.311 e. The summed E-state index contributed by atoms with van der Waals surface area (Å²) in [6.45, 7) is 4.89. The number of ether oxygens (including phenoxy) is 2. The number of carbonyl (C=O) groups excluding carboxylic acids is 3. The predicted molar refractivity (Wildman–Crippen MR) is 110 cm³/mol. The summed E-state index contributed by atoms with van der Waals surface area (Å²) in [7, 11) is 0. The third-order valence-electron chi connectivity index (χ3n) is 4.81. The van der Waals surface area contributed by atoms with E-state index in [1.807, 2.05) is 0 Å². The van der Waals surface area contributed by atoms with Crippen molar-refractivity contribution in [3.63, 3.8) is 0 Å². The van der Waals surface area contributed by atoms with Gasteiger partial charge in [0.05, 0.1) is 23.6 Å². The number of para-hydroxylation sites is 1. The van der Waals surface area contributed by atoms with Gasteiger partial charge in [-0.15, -0.1) is 0 Å². The molecule has 0 aromatic heterocycles. The van der Waals surface area contributed by atoms with Crippen LogP contribution in [0.15, 0.2) is 42.5 Å². The number of nitrogens with zero attached hydrogens (tertiary/aromatic N) is 2. The summed E-state index contributed by atoms with van der Waals surface area (Å²) in [4.78, 5) is 50.5. The monoisotopic (exact) mass is 426 g/mol. The summed E-state index contributed by atoms with van der Waals surface area (Å²) in [5.74, 6) is -1.85. The predicted octanol–water partition coefficient (Wildman–Crippen LogP) is 3.26. The van der Waals surface area contributed by atoms with Crippen molar-refractivity contribution in [2.75, 3.05) is 13.2 Å². The summed E-state index contributed by atoms with van der Waals surface area (Å²) in [6.07, 6.45) is -0.949. The van der Waals surface area contributed by atoms with Gasteiger partial charge in [0.1, 0.15) is 5.75 Å². The molecular weight excluding hydrogens is 404 g/mol. The molecule has 9 heteroatoms. The van der Waals surface area contributed by atoms with E-state index < -0.39 is 35.2 Å². The first-order valence-corrected chi connectivity index (χ1v) is 9.80. The number of nitro groups is 1. The molecule has 1 atom stereocenters. The molecule has 162 valence electrons. The molecule has 2 aromatic rings. The molecule has 0 N–H and O–H groups in total. The lowest BCUT2D eigenvalue weighted by Crippen LogP contribution is -2.47. The van der Waals surface area contributed by atoms with E-state index in [1.165, 1.54) is 18.2 Å². The maximum Gasteiger partial charge on any atom is 0.311 e. The molecule has 0 fully saturated rings. The molecule has 31 heavy (non-hydrogen) atoms. The number of rotatable bonds is 7. The van der Waals surface area contributed by atoms with Crippen LogP contribution in [0.3, 0.4) is 0 Å². The topological polar surface area (TPSA) is 116 Å². The summed E-state index contributed by atoms with van der Waals surface area (Å²) < 4.78 is 11.0. The van der Waals surface area contributed by atoms with Gasteiger partial charge in [-0.3, -0.25) is 29.4 Å². The molecular formula is C22H22N2O7. The van der Waals surface area contributed by atoms with Crippen LogP contribution in [0.2, 0.25) is 0 Å². The summed E-state index contributed by atoms with van der Waals surface area (Å²) >= 11 is 0. The highest BCUT2D eigenvalue weighted by molar-refractivity contribution is 6.12. The van der Waals surface area contributed by atoms with Gasteiger partial charge in [-0.2, -0.15) is 0 Å². The number of Topliss-reactive ketones (excluding diaryl/α,β-unsaturated/α-hetero) is 1. The number of ketones is 1. The van der Waals surface area contributed by atoms with Crippen LogP contribution in [0.1, 0.15) is 41.5 Å². The molecule has 1 heterocycles. The van der Waals surface area contributed by atoms with Crippen molar-refractivity contribution in [1.82, 2.24) is 4.90 Å². The second-order valence-electron chi connectivity index (χ2n) is 7.30. The normalized spacial score (nSPS) is 15.9. The highest BCUT2D eigenvalue weighted by atomic mass is 16.6. The summed E-state index contributed by atoms with van der Waals surface area (Å²) in [5.41, 5.74) is -0.199. The van der Waals surface area contributed by atoms with Crippen LogP contribution in [0.5, 0.6) is 11.5 Å². The minimum absolute atomic E-state index is 0.00435.